The van der Waals surface area contributed by atoms with Crippen molar-refractivity contribution in [2.45, 2.75) is 32.4 Å². The van der Waals surface area contributed by atoms with Crippen LogP contribution in [-0.2, 0) is 0 Å². The number of aliphatic hydroxyl groups excluding tert-OH is 1. The molecule has 0 aliphatic carbocycles. The maximum Gasteiger partial charge on any atom is 0.0813 e. The Morgan fingerprint density at radius 2 is 1.54 bits per heavy atom. The Morgan fingerprint density at radius 3 is 2.19 bits per heavy atom. The molecule has 0 heterocycles. The van der Waals surface area contributed by atoms with Gasteiger partial charge in [-0.2, -0.15) is 0 Å². The monoisotopic (exact) mass is 409 g/mol. The summed E-state index contributed by atoms with van der Waals surface area (Å²) in [6, 6.07) is 24.6. The van der Waals surface area contributed by atoms with Gasteiger partial charge in [-0.25, -0.2) is 0 Å². The Bertz CT molecular complexity index is 846. The van der Waals surface area contributed by atoms with Crippen LogP contribution in [0.15, 0.2) is 77.3 Å². The summed E-state index contributed by atoms with van der Waals surface area (Å²) < 4.78 is 1.02. The zero-order chi connectivity index (χ0) is 18.5. The van der Waals surface area contributed by atoms with E-state index in [-0.39, 0.29) is 6.04 Å². The van der Waals surface area contributed by atoms with Crippen LogP contribution in [0.25, 0.3) is 0 Å². The molecule has 2 N–H and O–H groups in total. The van der Waals surface area contributed by atoms with Crippen molar-refractivity contribution in [3.63, 3.8) is 0 Å². The highest BCUT2D eigenvalue weighted by Crippen LogP contribution is 2.30. The lowest BCUT2D eigenvalue weighted by molar-refractivity contribution is 0.160. The molecule has 0 saturated carbocycles. The molecule has 0 bridgehead atoms. The summed E-state index contributed by atoms with van der Waals surface area (Å²) in [6.07, 6.45) is 0.0609. The number of anilines is 1. The molecule has 3 rings (SSSR count). The van der Waals surface area contributed by atoms with Gasteiger partial charge >= 0.3 is 0 Å². The molecule has 0 radical (unpaired) electrons. The number of halogens is 1. The molecule has 3 aromatic carbocycles. The van der Waals surface area contributed by atoms with Crippen LogP contribution in [0.2, 0.25) is 0 Å². The fourth-order valence-corrected chi connectivity index (χ4v) is 3.30. The SMILES string of the molecule is Cc1ccc(NC(CC(O)c2ccc(Br)cc2)c2ccccc2)cc1C. The fourth-order valence-electron chi connectivity index (χ4n) is 3.04. The van der Waals surface area contributed by atoms with Crippen LogP contribution in [0.4, 0.5) is 5.69 Å². The Kier molecular flexibility index (Phi) is 6.12. The third-order valence-corrected chi connectivity index (χ3v) is 5.29. The summed E-state index contributed by atoms with van der Waals surface area (Å²) >= 11 is 3.44. The smallest absolute Gasteiger partial charge is 0.0813 e. The average Bonchev–Trinajstić information content (AvgIpc) is 2.65. The van der Waals surface area contributed by atoms with E-state index in [1.54, 1.807) is 0 Å². The van der Waals surface area contributed by atoms with Crippen LogP contribution in [0.1, 0.15) is 40.8 Å². The van der Waals surface area contributed by atoms with Crippen LogP contribution < -0.4 is 5.32 Å². The van der Waals surface area contributed by atoms with Gasteiger partial charge < -0.3 is 10.4 Å². The predicted molar refractivity (Wildman–Crippen MR) is 112 cm³/mol. The van der Waals surface area contributed by atoms with Gasteiger partial charge in [0.2, 0.25) is 0 Å². The van der Waals surface area contributed by atoms with E-state index >= 15 is 0 Å². The topological polar surface area (TPSA) is 32.3 Å². The van der Waals surface area contributed by atoms with Crippen LogP contribution >= 0.6 is 15.9 Å². The largest absolute Gasteiger partial charge is 0.388 e. The van der Waals surface area contributed by atoms with Crippen LogP contribution in [-0.4, -0.2) is 5.11 Å². The zero-order valence-corrected chi connectivity index (χ0v) is 16.7. The number of aliphatic hydroxyl groups is 1. The molecular weight excluding hydrogens is 386 g/mol. The number of benzene rings is 3. The molecule has 134 valence electrons. The zero-order valence-electron chi connectivity index (χ0n) is 15.1. The lowest BCUT2D eigenvalue weighted by atomic mass is 9.96. The van der Waals surface area contributed by atoms with Crippen molar-refractivity contribution < 1.29 is 5.11 Å². The lowest BCUT2D eigenvalue weighted by Crippen LogP contribution is -2.15. The first-order chi connectivity index (χ1) is 12.5. The van der Waals surface area contributed by atoms with Gasteiger partial charge in [-0.1, -0.05) is 64.5 Å². The van der Waals surface area contributed by atoms with Gasteiger partial charge in [0, 0.05) is 16.6 Å². The molecule has 0 fully saturated rings. The molecule has 2 nitrogen and oxygen atoms in total. The highest BCUT2D eigenvalue weighted by molar-refractivity contribution is 9.10. The van der Waals surface area contributed by atoms with Gasteiger partial charge in [0.05, 0.1) is 12.1 Å². The van der Waals surface area contributed by atoms with Crippen LogP contribution in [0.3, 0.4) is 0 Å². The van der Waals surface area contributed by atoms with Crippen molar-refractivity contribution in [1.29, 1.82) is 0 Å². The molecule has 0 aliphatic heterocycles. The summed E-state index contributed by atoms with van der Waals surface area (Å²) in [7, 11) is 0. The van der Waals surface area contributed by atoms with E-state index < -0.39 is 6.10 Å². The second kappa shape index (κ2) is 8.52. The standard InChI is InChI=1S/C23H24BrNO/c1-16-8-13-21(14-17(16)2)25-22(18-6-4-3-5-7-18)15-23(26)19-9-11-20(24)12-10-19/h3-14,22-23,25-26H,15H2,1-2H3. The Hall–Kier alpha value is -2.10. The lowest BCUT2D eigenvalue weighted by Gasteiger charge is -2.24. The molecule has 2 atom stereocenters. The number of hydrogen-bond acceptors (Lipinski definition) is 2. The van der Waals surface area contributed by atoms with Crippen LogP contribution in [0.5, 0.6) is 0 Å². The molecule has 26 heavy (non-hydrogen) atoms. The quantitative estimate of drug-likeness (QED) is 0.497. The van der Waals surface area contributed by atoms with Crippen LogP contribution in [0, 0.1) is 13.8 Å². The fraction of sp³-hybridized carbons (Fsp3) is 0.217. The van der Waals surface area contributed by atoms with Crippen molar-refractivity contribution >= 4 is 21.6 Å². The minimum Gasteiger partial charge on any atom is -0.388 e. The van der Waals surface area contributed by atoms with E-state index in [4.69, 9.17) is 0 Å². The van der Waals surface area contributed by atoms with Gasteiger partial charge in [0.1, 0.15) is 0 Å². The second-order valence-corrected chi connectivity index (χ2v) is 7.63. The molecule has 0 spiro atoms. The second-order valence-electron chi connectivity index (χ2n) is 6.71. The number of hydrogen-bond donors (Lipinski definition) is 2. The molecule has 3 heteroatoms. The average molecular weight is 410 g/mol. The summed E-state index contributed by atoms with van der Waals surface area (Å²) in [5.41, 5.74) is 5.71. The number of nitrogens with one attached hydrogen (secondary N) is 1. The number of aryl methyl sites for hydroxylation is 2. The molecular formula is C23H24BrNO. The predicted octanol–water partition coefficient (Wildman–Crippen LogP) is 6.34. The maximum absolute atomic E-state index is 10.8. The first-order valence-electron chi connectivity index (χ1n) is 8.85. The summed E-state index contributed by atoms with van der Waals surface area (Å²) in [6.45, 7) is 4.24. The summed E-state index contributed by atoms with van der Waals surface area (Å²) in [5, 5.41) is 14.4. The molecule has 0 amide bonds. The number of rotatable bonds is 6. The highest BCUT2D eigenvalue weighted by atomic mass is 79.9. The molecule has 0 saturated heterocycles. The van der Waals surface area contributed by atoms with Gasteiger partial charge in [-0.3, -0.25) is 0 Å². The molecule has 0 aromatic heterocycles. The molecule has 3 aromatic rings. The summed E-state index contributed by atoms with van der Waals surface area (Å²) in [5.74, 6) is 0. The van der Waals surface area contributed by atoms with E-state index in [0.29, 0.717) is 6.42 Å². The Morgan fingerprint density at radius 1 is 0.846 bits per heavy atom. The van der Waals surface area contributed by atoms with E-state index in [1.165, 1.54) is 16.7 Å². The van der Waals surface area contributed by atoms with E-state index in [0.717, 1.165) is 15.7 Å². The Labute approximate surface area is 164 Å². The van der Waals surface area contributed by atoms with Crippen molar-refractivity contribution in [2.24, 2.45) is 0 Å². The first kappa shape index (κ1) is 18.7. The van der Waals surface area contributed by atoms with Gasteiger partial charge in [0.25, 0.3) is 0 Å². The van der Waals surface area contributed by atoms with Gasteiger partial charge in [-0.05, 0) is 60.4 Å². The first-order valence-corrected chi connectivity index (χ1v) is 9.64. The minimum absolute atomic E-state index is 0.0250. The van der Waals surface area contributed by atoms with Crippen molar-refractivity contribution in [3.05, 3.63) is 99.5 Å². The van der Waals surface area contributed by atoms with Gasteiger partial charge in [0.15, 0.2) is 0 Å². The van der Waals surface area contributed by atoms with Crippen molar-refractivity contribution in [1.82, 2.24) is 0 Å². The maximum atomic E-state index is 10.8. The van der Waals surface area contributed by atoms with E-state index in [2.05, 4.69) is 65.4 Å². The van der Waals surface area contributed by atoms with Crippen molar-refractivity contribution in [3.8, 4) is 0 Å². The third kappa shape index (κ3) is 4.75. The van der Waals surface area contributed by atoms with Gasteiger partial charge in [-0.15, -0.1) is 0 Å². The molecule has 0 aliphatic rings. The minimum atomic E-state index is -0.535. The third-order valence-electron chi connectivity index (χ3n) is 4.76. The summed E-state index contributed by atoms with van der Waals surface area (Å²) in [4.78, 5) is 0. The normalized spacial score (nSPS) is 13.2. The van der Waals surface area contributed by atoms with E-state index in [1.807, 2.05) is 42.5 Å². The Balaban J connectivity index is 1.83. The van der Waals surface area contributed by atoms with Crippen molar-refractivity contribution in [2.75, 3.05) is 5.32 Å². The highest BCUT2D eigenvalue weighted by Gasteiger charge is 2.18. The molecule has 2 unspecified atom stereocenters. The van der Waals surface area contributed by atoms with E-state index in [9.17, 15) is 5.11 Å².